The summed E-state index contributed by atoms with van der Waals surface area (Å²) < 4.78 is 4.30. The molecular formula is C27H27N3O. The molecule has 2 aromatic heterocycles. The Hall–Kier alpha value is -3.11. The Morgan fingerprint density at radius 2 is 1.71 bits per heavy atom. The molecule has 2 aliphatic rings. The van der Waals surface area contributed by atoms with E-state index < -0.39 is 0 Å². The normalized spacial score (nSPS) is 20.7. The van der Waals surface area contributed by atoms with Gasteiger partial charge in [-0.1, -0.05) is 48.5 Å². The lowest BCUT2D eigenvalue weighted by Gasteiger charge is -2.43. The van der Waals surface area contributed by atoms with Crippen LogP contribution in [0.15, 0.2) is 77.7 Å². The number of rotatable bonds is 3. The van der Waals surface area contributed by atoms with Crippen molar-refractivity contribution >= 4 is 10.9 Å². The van der Waals surface area contributed by atoms with Crippen LogP contribution in [0.4, 0.5) is 0 Å². The van der Waals surface area contributed by atoms with Crippen LogP contribution in [-0.4, -0.2) is 27.1 Å². The summed E-state index contributed by atoms with van der Waals surface area (Å²) in [6.45, 7) is 3.85. The molecule has 0 radical (unpaired) electrons. The molecule has 0 amide bonds. The van der Waals surface area contributed by atoms with Gasteiger partial charge >= 0.3 is 0 Å². The summed E-state index contributed by atoms with van der Waals surface area (Å²) in [6.07, 6.45) is 3.46. The van der Waals surface area contributed by atoms with E-state index in [2.05, 4.69) is 75.8 Å². The monoisotopic (exact) mass is 409 g/mol. The number of pyridine rings is 1. The minimum absolute atomic E-state index is 0.145. The van der Waals surface area contributed by atoms with Gasteiger partial charge in [-0.05, 0) is 35.6 Å². The van der Waals surface area contributed by atoms with Crippen LogP contribution in [0.2, 0.25) is 0 Å². The van der Waals surface area contributed by atoms with E-state index in [0.29, 0.717) is 11.8 Å². The van der Waals surface area contributed by atoms with Crippen LogP contribution in [0.25, 0.3) is 22.0 Å². The molecule has 6 rings (SSSR count). The summed E-state index contributed by atoms with van der Waals surface area (Å²) >= 11 is 0. The molecule has 4 aromatic rings. The molecular weight excluding hydrogens is 382 g/mol. The van der Waals surface area contributed by atoms with Crippen molar-refractivity contribution in [1.82, 2.24) is 14.0 Å². The van der Waals surface area contributed by atoms with Crippen LogP contribution in [0, 0.1) is 5.92 Å². The highest BCUT2D eigenvalue weighted by atomic mass is 16.1. The molecule has 2 aromatic carbocycles. The standard InChI is InChI=1S/C27H27N3O/c1-28-16-22(23-9-5-6-10-25(23)28)18-29-14-19-13-21(17-29)27-24(20-7-3-2-4-8-20)11-12-26(31)30(27)15-19/h2-12,16,19,21H,13-15,17-18H2,1H3/t19-,21+/m0/s1. The van der Waals surface area contributed by atoms with Gasteiger partial charge in [0.1, 0.15) is 0 Å². The van der Waals surface area contributed by atoms with Crippen molar-refractivity contribution in [3.63, 3.8) is 0 Å². The smallest absolute Gasteiger partial charge is 0.250 e. The number of aromatic nitrogens is 2. The van der Waals surface area contributed by atoms with Gasteiger partial charge in [0.25, 0.3) is 5.56 Å². The molecule has 156 valence electrons. The third-order valence-electron chi connectivity index (χ3n) is 7.12. The lowest BCUT2D eigenvalue weighted by molar-refractivity contribution is 0.115. The second-order valence-corrected chi connectivity index (χ2v) is 9.22. The Labute approximate surface area is 182 Å². The van der Waals surface area contributed by atoms with E-state index in [1.54, 1.807) is 6.07 Å². The van der Waals surface area contributed by atoms with Crippen molar-refractivity contribution in [2.45, 2.75) is 25.4 Å². The summed E-state index contributed by atoms with van der Waals surface area (Å²) in [5.41, 5.74) is 6.49. The van der Waals surface area contributed by atoms with Crippen LogP contribution >= 0.6 is 0 Å². The Kier molecular flexibility index (Phi) is 4.35. The van der Waals surface area contributed by atoms with E-state index >= 15 is 0 Å². The highest BCUT2D eigenvalue weighted by Gasteiger charge is 2.36. The Bertz CT molecular complexity index is 1320. The van der Waals surface area contributed by atoms with Crippen LogP contribution in [0.3, 0.4) is 0 Å². The van der Waals surface area contributed by atoms with E-state index in [1.807, 2.05) is 12.1 Å². The fourth-order valence-electron chi connectivity index (χ4n) is 5.90. The lowest BCUT2D eigenvalue weighted by atomic mass is 9.80. The van der Waals surface area contributed by atoms with Gasteiger partial charge < -0.3 is 9.13 Å². The van der Waals surface area contributed by atoms with Gasteiger partial charge in [0.05, 0.1) is 0 Å². The predicted octanol–water partition coefficient (Wildman–Crippen LogP) is 4.63. The summed E-state index contributed by atoms with van der Waals surface area (Å²) in [5.74, 6) is 0.927. The first-order chi connectivity index (χ1) is 15.2. The van der Waals surface area contributed by atoms with E-state index in [1.165, 1.54) is 39.7 Å². The van der Waals surface area contributed by atoms with E-state index in [0.717, 1.165) is 26.2 Å². The number of nitrogens with zero attached hydrogens (tertiary/aromatic N) is 3. The van der Waals surface area contributed by atoms with Crippen molar-refractivity contribution < 1.29 is 0 Å². The summed E-state index contributed by atoms with van der Waals surface area (Å²) in [7, 11) is 2.13. The van der Waals surface area contributed by atoms with Gasteiger partial charge in [-0.15, -0.1) is 0 Å². The van der Waals surface area contributed by atoms with E-state index in [9.17, 15) is 4.79 Å². The van der Waals surface area contributed by atoms with E-state index in [-0.39, 0.29) is 5.56 Å². The predicted molar refractivity (Wildman–Crippen MR) is 125 cm³/mol. The highest BCUT2D eigenvalue weighted by molar-refractivity contribution is 5.83. The van der Waals surface area contributed by atoms with Crippen molar-refractivity contribution in [2.75, 3.05) is 13.1 Å². The molecule has 0 saturated carbocycles. The van der Waals surface area contributed by atoms with E-state index in [4.69, 9.17) is 0 Å². The second-order valence-electron chi connectivity index (χ2n) is 9.22. The quantitative estimate of drug-likeness (QED) is 0.494. The molecule has 4 heteroatoms. The fourth-order valence-corrected chi connectivity index (χ4v) is 5.90. The summed E-state index contributed by atoms with van der Waals surface area (Å²) in [5, 5.41) is 1.35. The van der Waals surface area contributed by atoms with Gasteiger partial charge in [0, 0.05) is 73.6 Å². The Morgan fingerprint density at radius 1 is 0.903 bits per heavy atom. The lowest BCUT2D eigenvalue weighted by Crippen LogP contribution is -2.47. The molecule has 1 fully saturated rings. The van der Waals surface area contributed by atoms with Crippen LogP contribution < -0.4 is 5.56 Å². The van der Waals surface area contributed by atoms with Gasteiger partial charge in [-0.25, -0.2) is 0 Å². The molecule has 4 nitrogen and oxygen atoms in total. The fraction of sp³-hybridized carbons (Fsp3) is 0.296. The number of hydrogen-bond acceptors (Lipinski definition) is 2. The summed E-state index contributed by atoms with van der Waals surface area (Å²) in [4.78, 5) is 15.4. The maximum atomic E-state index is 12.7. The second kappa shape index (κ2) is 7.24. The van der Waals surface area contributed by atoms with Gasteiger partial charge in [-0.3, -0.25) is 9.69 Å². The zero-order chi connectivity index (χ0) is 20.9. The molecule has 2 atom stereocenters. The third kappa shape index (κ3) is 3.14. The average molecular weight is 410 g/mol. The Morgan fingerprint density at radius 3 is 2.58 bits per heavy atom. The molecule has 0 aliphatic carbocycles. The molecule has 0 unspecified atom stereocenters. The molecule has 4 heterocycles. The number of benzene rings is 2. The number of piperidine rings is 1. The Balaban J connectivity index is 1.36. The van der Waals surface area contributed by atoms with Crippen molar-refractivity contribution in [3.8, 4) is 11.1 Å². The molecule has 0 N–H and O–H groups in total. The SMILES string of the molecule is Cn1cc(CN2C[C@@H]3C[C@H](C2)c2c(-c4ccccc4)ccc(=O)n2C3)c2ccccc21. The largest absolute Gasteiger partial charge is 0.350 e. The maximum Gasteiger partial charge on any atom is 0.250 e. The first-order valence-corrected chi connectivity index (χ1v) is 11.2. The number of fused-ring (bicyclic) bond motifs is 5. The molecule has 31 heavy (non-hydrogen) atoms. The van der Waals surface area contributed by atoms with Crippen molar-refractivity contribution in [3.05, 3.63) is 94.5 Å². The first kappa shape index (κ1) is 18.6. The minimum atomic E-state index is 0.145. The number of hydrogen-bond donors (Lipinski definition) is 0. The first-order valence-electron chi connectivity index (χ1n) is 11.2. The zero-order valence-corrected chi connectivity index (χ0v) is 17.9. The molecule has 1 saturated heterocycles. The summed E-state index contributed by atoms with van der Waals surface area (Å²) in [6, 6.07) is 23.0. The van der Waals surface area contributed by atoms with Crippen molar-refractivity contribution in [2.24, 2.45) is 13.0 Å². The molecule has 2 aliphatic heterocycles. The van der Waals surface area contributed by atoms with Crippen LogP contribution in [0.1, 0.15) is 23.6 Å². The number of aryl methyl sites for hydroxylation is 1. The number of para-hydroxylation sites is 1. The molecule has 2 bridgehead atoms. The maximum absolute atomic E-state index is 12.7. The minimum Gasteiger partial charge on any atom is -0.350 e. The zero-order valence-electron chi connectivity index (χ0n) is 17.9. The van der Waals surface area contributed by atoms with Gasteiger partial charge in [0.15, 0.2) is 0 Å². The van der Waals surface area contributed by atoms with Crippen LogP contribution in [-0.2, 0) is 20.1 Å². The topological polar surface area (TPSA) is 30.2 Å². The van der Waals surface area contributed by atoms with Crippen molar-refractivity contribution in [1.29, 1.82) is 0 Å². The molecule has 0 spiro atoms. The highest BCUT2D eigenvalue weighted by Crippen LogP contribution is 2.40. The number of likely N-dealkylation sites (tertiary alicyclic amines) is 1. The third-order valence-corrected chi connectivity index (χ3v) is 7.12. The van der Waals surface area contributed by atoms with Gasteiger partial charge in [0.2, 0.25) is 0 Å². The average Bonchev–Trinajstić information content (AvgIpc) is 3.10. The van der Waals surface area contributed by atoms with Crippen LogP contribution in [0.5, 0.6) is 0 Å². The van der Waals surface area contributed by atoms with Gasteiger partial charge in [-0.2, -0.15) is 0 Å².